The summed E-state index contributed by atoms with van der Waals surface area (Å²) in [6.07, 6.45) is 1.01. The predicted molar refractivity (Wildman–Crippen MR) is 125 cm³/mol. The summed E-state index contributed by atoms with van der Waals surface area (Å²) in [5, 5.41) is 5.78. The molecule has 2 N–H and O–H groups in total. The Hall–Kier alpha value is -2.57. The SMILES string of the molecule is CC(C)C(NC(=O)OC(C)(C)C)C(=O)N(C1CC1)C(C(=O)NC(C)(C)C)c1ccccc1. The molecule has 2 unspecified atom stereocenters. The normalized spacial score (nSPS) is 16.2. The summed E-state index contributed by atoms with van der Waals surface area (Å²) < 4.78 is 5.38. The van der Waals surface area contributed by atoms with Crippen molar-refractivity contribution < 1.29 is 19.1 Å². The van der Waals surface area contributed by atoms with Crippen molar-refractivity contribution in [2.45, 2.75) is 97.5 Å². The summed E-state index contributed by atoms with van der Waals surface area (Å²) in [6, 6.07) is 7.70. The summed E-state index contributed by atoms with van der Waals surface area (Å²) in [7, 11) is 0. The van der Waals surface area contributed by atoms with Crippen LogP contribution in [0, 0.1) is 5.92 Å². The zero-order chi connectivity index (χ0) is 24.3. The molecule has 7 heteroatoms. The van der Waals surface area contributed by atoms with Crippen LogP contribution in [0.2, 0.25) is 0 Å². The second-order valence-corrected chi connectivity index (χ2v) is 10.9. The summed E-state index contributed by atoms with van der Waals surface area (Å²) >= 11 is 0. The Balaban J connectivity index is 2.40. The fourth-order valence-corrected chi connectivity index (χ4v) is 3.49. The summed E-state index contributed by atoms with van der Waals surface area (Å²) in [4.78, 5) is 41.4. The molecule has 0 heterocycles. The topological polar surface area (TPSA) is 87.7 Å². The average molecular weight is 446 g/mol. The number of rotatable bonds is 7. The average Bonchev–Trinajstić information content (AvgIpc) is 3.46. The summed E-state index contributed by atoms with van der Waals surface area (Å²) in [5.41, 5.74) is -0.382. The highest BCUT2D eigenvalue weighted by Crippen LogP contribution is 2.36. The number of alkyl carbamates (subject to hydrolysis) is 1. The molecule has 1 aromatic rings. The number of hydrogen-bond donors (Lipinski definition) is 2. The Morgan fingerprint density at radius 2 is 1.56 bits per heavy atom. The van der Waals surface area contributed by atoms with Gasteiger partial charge in [-0.05, 0) is 65.9 Å². The third kappa shape index (κ3) is 7.53. The summed E-state index contributed by atoms with van der Waals surface area (Å²) in [5.74, 6) is -0.687. The van der Waals surface area contributed by atoms with E-state index in [-0.39, 0.29) is 23.8 Å². The van der Waals surface area contributed by atoms with Gasteiger partial charge >= 0.3 is 6.09 Å². The van der Waals surface area contributed by atoms with Crippen molar-refractivity contribution >= 4 is 17.9 Å². The highest BCUT2D eigenvalue weighted by atomic mass is 16.6. The van der Waals surface area contributed by atoms with Gasteiger partial charge in [-0.25, -0.2) is 4.79 Å². The van der Waals surface area contributed by atoms with Gasteiger partial charge in [-0.2, -0.15) is 0 Å². The van der Waals surface area contributed by atoms with Gasteiger partial charge in [0.15, 0.2) is 0 Å². The van der Waals surface area contributed by atoms with Crippen molar-refractivity contribution in [2.24, 2.45) is 5.92 Å². The molecule has 1 aromatic carbocycles. The fraction of sp³-hybridized carbons (Fsp3) is 0.640. The molecule has 0 aliphatic heterocycles. The third-order valence-corrected chi connectivity index (χ3v) is 4.94. The maximum absolute atomic E-state index is 13.8. The Bertz CT molecular complexity index is 805. The van der Waals surface area contributed by atoms with Crippen LogP contribution in [0.25, 0.3) is 0 Å². The van der Waals surface area contributed by atoms with Crippen molar-refractivity contribution in [3.63, 3.8) is 0 Å². The van der Waals surface area contributed by atoms with Gasteiger partial charge in [0.25, 0.3) is 0 Å². The van der Waals surface area contributed by atoms with Crippen LogP contribution in [-0.4, -0.2) is 46.0 Å². The predicted octanol–water partition coefficient (Wildman–Crippen LogP) is 4.18. The van der Waals surface area contributed by atoms with E-state index in [1.165, 1.54) is 0 Å². The first-order chi connectivity index (χ1) is 14.7. The number of amides is 3. The Kier molecular flexibility index (Phi) is 7.97. The molecule has 32 heavy (non-hydrogen) atoms. The number of hydrogen-bond acceptors (Lipinski definition) is 4. The van der Waals surface area contributed by atoms with Crippen molar-refractivity contribution in [3.8, 4) is 0 Å². The van der Waals surface area contributed by atoms with Gasteiger partial charge in [0.05, 0.1) is 0 Å². The monoisotopic (exact) mass is 445 g/mol. The van der Waals surface area contributed by atoms with Crippen LogP contribution in [-0.2, 0) is 14.3 Å². The molecule has 1 saturated carbocycles. The Morgan fingerprint density at radius 3 is 2.00 bits per heavy atom. The maximum Gasteiger partial charge on any atom is 0.408 e. The van der Waals surface area contributed by atoms with E-state index in [1.54, 1.807) is 25.7 Å². The van der Waals surface area contributed by atoms with E-state index in [9.17, 15) is 14.4 Å². The number of nitrogens with zero attached hydrogens (tertiary/aromatic N) is 1. The van der Waals surface area contributed by atoms with Crippen LogP contribution in [0.3, 0.4) is 0 Å². The third-order valence-electron chi connectivity index (χ3n) is 4.94. The van der Waals surface area contributed by atoms with Gasteiger partial charge in [-0.3, -0.25) is 9.59 Å². The lowest BCUT2D eigenvalue weighted by molar-refractivity contribution is -0.144. The lowest BCUT2D eigenvalue weighted by Crippen LogP contribution is -2.56. The molecular weight excluding hydrogens is 406 g/mol. The number of carbonyl (C=O) groups is 3. The quantitative estimate of drug-likeness (QED) is 0.659. The minimum absolute atomic E-state index is 0.0416. The lowest BCUT2D eigenvalue weighted by Gasteiger charge is -2.37. The number of ether oxygens (including phenoxy) is 1. The molecular formula is C25H39N3O4. The molecule has 178 valence electrons. The zero-order valence-electron chi connectivity index (χ0n) is 20.7. The van der Waals surface area contributed by atoms with Crippen LogP contribution in [0.1, 0.15) is 79.8 Å². The summed E-state index contributed by atoms with van der Waals surface area (Å²) in [6.45, 7) is 14.8. The minimum Gasteiger partial charge on any atom is -0.444 e. The largest absolute Gasteiger partial charge is 0.444 e. The first-order valence-corrected chi connectivity index (χ1v) is 11.4. The van der Waals surface area contributed by atoms with Gasteiger partial charge in [-0.1, -0.05) is 44.2 Å². The molecule has 2 atom stereocenters. The van der Waals surface area contributed by atoms with E-state index in [0.717, 1.165) is 18.4 Å². The highest BCUT2D eigenvalue weighted by molar-refractivity contribution is 5.93. The van der Waals surface area contributed by atoms with Crippen LogP contribution in [0.15, 0.2) is 30.3 Å². The molecule has 3 amide bonds. The molecule has 1 aliphatic carbocycles. The van der Waals surface area contributed by atoms with Crippen molar-refractivity contribution in [1.29, 1.82) is 0 Å². The molecule has 2 rings (SSSR count). The second-order valence-electron chi connectivity index (χ2n) is 10.9. The van der Waals surface area contributed by atoms with E-state index in [1.807, 2.05) is 65.0 Å². The number of carbonyl (C=O) groups excluding carboxylic acids is 3. The van der Waals surface area contributed by atoms with Crippen molar-refractivity contribution in [1.82, 2.24) is 15.5 Å². The van der Waals surface area contributed by atoms with Gasteiger partial charge < -0.3 is 20.3 Å². The minimum atomic E-state index is -0.806. The van der Waals surface area contributed by atoms with E-state index in [4.69, 9.17) is 4.74 Å². The van der Waals surface area contributed by atoms with Crippen molar-refractivity contribution in [3.05, 3.63) is 35.9 Å². The first kappa shape index (κ1) is 25.7. The molecule has 0 radical (unpaired) electrons. The van der Waals surface area contributed by atoms with E-state index >= 15 is 0 Å². The smallest absolute Gasteiger partial charge is 0.408 e. The molecule has 7 nitrogen and oxygen atoms in total. The standard InChI is InChI=1S/C25H39N3O4/c1-16(2)19(26-23(31)32-25(6,7)8)22(30)28(18-14-15-18)20(17-12-10-9-11-13-17)21(29)27-24(3,4)5/h9-13,16,18-20H,14-15H2,1-8H3,(H,26,31)(H,27,29). The van der Waals surface area contributed by atoms with Crippen LogP contribution < -0.4 is 10.6 Å². The van der Waals surface area contributed by atoms with E-state index in [0.29, 0.717) is 0 Å². The Morgan fingerprint density at radius 1 is 1.00 bits per heavy atom. The molecule has 1 fully saturated rings. The van der Waals surface area contributed by atoms with Gasteiger partial charge in [0.1, 0.15) is 17.7 Å². The van der Waals surface area contributed by atoms with Gasteiger partial charge in [0, 0.05) is 11.6 Å². The van der Waals surface area contributed by atoms with Crippen LogP contribution >= 0.6 is 0 Å². The molecule has 0 bridgehead atoms. The van der Waals surface area contributed by atoms with Gasteiger partial charge in [0.2, 0.25) is 11.8 Å². The first-order valence-electron chi connectivity index (χ1n) is 11.4. The molecule has 0 saturated heterocycles. The van der Waals surface area contributed by atoms with Gasteiger partial charge in [-0.15, -0.1) is 0 Å². The number of benzene rings is 1. The van der Waals surface area contributed by atoms with E-state index in [2.05, 4.69) is 10.6 Å². The van der Waals surface area contributed by atoms with Crippen molar-refractivity contribution in [2.75, 3.05) is 0 Å². The fourth-order valence-electron chi connectivity index (χ4n) is 3.49. The van der Waals surface area contributed by atoms with Crippen LogP contribution in [0.4, 0.5) is 4.79 Å². The molecule has 1 aliphatic rings. The zero-order valence-corrected chi connectivity index (χ0v) is 20.7. The van der Waals surface area contributed by atoms with E-state index < -0.39 is 29.3 Å². The highest BCUT2D eigenvalue weighted by Gasteiger charge is 2.45. The molecule has 0 aromatic heterocycles. The second kappa shape index (κ2) is 9.92. The maximum atomic E-state index is 13.8. The lowest BCUT2D eigenvalue weighted by atomic mass is 9.97. The molecule has 0 spiro atoms. The van der Waals surface area contributed by atoms with Crippen LogP contribution in [0.5, 0.6) is 0 Å². The Labute approximate surface area is 192 Å². The number of nitrogens with one attached hydrogen (secondary N) is 2.